The third kappa shape index (κ3) is 11.3. The molecule has 1 aliphatic rings. The van der Waals surface area contributed by atoms with Crippen molar-refractivity contribution in [3.05, 3.63) is 12.2 Å². The zero-order valence-corrected chi connectivity index (χ0v) is 22.0. The number of carboxylic acid groups (broad SMARTS) is 1. The van der Waals surface area contributed by atoms with Gasteiger partial charge in [-0.2, -0.15) is 25.3 Å². The van der Waals surface area contributed by atoms with Crippen LogP contribution in [0, 0.1) is 5.92 Å². The number of nitrogens with one attached hydrogen (secondary N) is 4. The SMILES string of the molecule is CC(C)[C@H]1NC(=O)[C@H](CS)NC(=O)[C@@H](CCC(=O)O)NC(=O)C[C@@H](/C=C/CCS)OC(=O)CNC1=O. The topological polar surface area (TPSA) is 180 Å². The standard InChI is InChI=1S/C22H34N4O8S2/c1-12(2)19-22(33)23-10-18(30)34-13(5-3-4-8-35)9-16(27)24-14(6-7-17(28)29)20(31)25-15(11-36)21(32)26-19/h3,5,12-15,19,35-36H,4,6-11H2,1-2H3,(H,23,33)(H,24,27)(H,25,31)(H,26,32)(H,28,29)/b5-3+/t13-,14-,15+,19-/m1/s1. The van der Waals surface area contributed by atoms with E-state index in [1.165, 1.54) is 6.08 Å². The molecule has 0 aromatic rings. The molecule has 5 N–H and O–H groups in total. The third-order valence-corrected chi connectivity index (χ3v) is 5.71. The Hall–Kier alpha value is -2.74. The van der Waals surface area contributed by atoms with E-state index in [2.05, 4.69) is 46.5 Å². The summed E-state index contributed by atoms with van der Waals surface area (Å²) in [6.07, 6.45) is 1.68. The van der Waals surface area contributed by atoms with Crippen molar-refractivity contribution in [1.29, 1.82) is 0 Å². The number of carboxylic acids is 1. The molecule has 202 valence electrons. The Bertz CT molecular complexity index is 852. The van der Waals surface area contributed by atoms with E-state index in [1.807, 2.05) is 0 Å². The number of hydrogen-bond donors (Lipinski definition) is 7. The molecule has 4 atom stereocenters. The largest absolute Gasteiger partial charge is 0.481 e. The van der Waals surface area contributed by atoms with Crippen LogP contribution in [-0.2, 0) is 33.5 Å². The predicted molar refractivity (Wildman–Crippen MR) is 136 cm³/mol. The molecule has 0 bridgehead atoms. The minimum Gasteiger partial charge on any atom is -0.481 e. The van der Waals surface area contributed by atoms with Gasteiger partial charge >= 0.3 is 11.9 Å². The fourth-order valence-corrected chi connectivity index (χ4v) is 3.59. The quantitative estimate of drug-likeness (QED) is 0.117. The van der Waals surface area contributed by atoms with Gasteiger partial charge < -0.3 is 31.1 Å². The average Bonchev–Trinajstić information content (AvgIpc) is 2.80. The Kier molecular flexibility index (Phi) is 14.0. The summed E-state index contributed by atoms with van der Waals surface area (Å²) in [5, 5.41) is 18.9. The number of amides is 4. The van der Waals surface area contributed by atoms with Gasteiger partial charge in [0.2, 0.25) is 23.6 Å². The summed E-state index contributed by atoms with van der Waals surface area (Å²) in [7, 11) is 0. The number of thiol groups is 2. The second kappa shape index (κ2) is 16.1. The number of esters is 1. The first-order valence-electron chi connectivity index (χ1n) is 11.5. The molecule has 0 aliphatic carbocycles. The Morgan fingerprint density at radius 1 is 1.06 bits per heavy atom. The zero-order chi connectivity index (χ0) is 27.3. The molecule has 1 saturated heterocycles. The molecule has 1 fully saturated rings. The first-order chi connectivity index (χ1) is 17.0. The highest BCUT2D eigenvalue weighted by atomic mass is 32.1. The third-order valence-electron chi connectivity index (χ3n) is 5.08. The van der Waals surface area contributed by atoms with E-state index in [0.29, 0.717) is 12.2 Å². The van der Waals surface area contributed by atoms with Gasteiger partial charge in [-0.15, -0.1) is 0 Å². The van der Waals surface area contributed by atoms with Crippen LogP contribution in [0.4, 0.5) is 0 Å². The lowest BCUT2D eigenvalue weighted by atomic mass is 10.0. The molecule has 4 amide bonds. The van der Waals surface area contributed by atoms with Crippen molar-refractivity contribution in [2.24, 2.45) is 5.92 Å². The highest BCUT2D eigenvalue weighted by molar-refractivity contribution is 7.80. The average molecular weight is 547 g/mol. The maximum atomic E-state index is 12.9. The fraction of sp³-hybridized carbons (Fsp3) is 0.636. The minimum absolute atomic E-state index is 0.131. The molecule has 0 aromatic heterocycles. The van der Waals surface area contributed by atoms with E-state index < -0.39 is 72.8 Å². The maximum Gasteiger partial charge on any atom is 0.326 e. The molecule has 1 heterocycles. The van der Waals surface area contributed by atoms with Crippen LogP contribution in [0.2, 0.25) is 0 Å². The number of ether oxygens (including phenoxy) is 1. The normalized spacial score (nSPS) is 25.1. The van der Waals surface area contributed by atoms with Gasteiger partial charge in [-0.1, -0.05) is 19.9 Å². The number of cyclic esters (lactones) is 1. The summed E-state index contributed by atoms with van der Waals surface area (Å²) < 4.78 is 5.31. The second-order valence-corrected chi connectivity index (χ2v) is 9.23. The van der Waals surface area contributed by atoms with Crippen LogP contribution in [0.3, 0.4) is 0 Å². The van der Waals surface area contributed by atoms with Crippen molar-refractivity contribution in [1.82, 2.24) is 21.3 Å². The highest BCUT2D eigenvalue weighted by Crippen LogP contribution is 2.08. The molecule has 12 nitrogen and oxygen atoms in total. The van der Waals surface area contributed by atoms with Crippen LogP contribution < -0.4 is 21.3 Å². The predicted octanol–water partition coefficient (Wildman–Crippen LogP) is -0.801. The van der Waals surface area contributed by atoms with Crippen molar-refractivity contribution in [2.75, 3.05) is 18.1 Å². The maximum absolute atomic E-state index is 12.9. The van der Waals surface area contributed by atoms with Crippen LogP contribution in [0.1, 0.15) is 39.5 Å². The van der Waals surface area contributed by atoms with Crippen LogP contribution in [0.25, 0.3) is 0 Å². The summed E-state index contributed by atoms with van der Waals surface area (Å²) in [4.78, 5) is 74.4. The van der Waals surface area contributed by atoms with Crippen molar-refractivity contribution >= 4 is 60.8 Å². The van der Waals surface area contributed by atoms with E-state index in [4.69, 9.17) is 9.84 Å². The van der Waals surface area contributed by atoms with Crippen molar-refractivity contribution < 1.29 is 38.6 Å². The van der Waals surface area contributed by atoms with Gasteiger partial charge in [0, 0.05) is 12.2 Å². The first-order valence-corrected chi connectivity index (χ1v) is 12.7. The molecule has 1 aliphatic heterocycles. The number of hydrogen-bond acceptors (Lipinski definition) is 9. The first kappa shape index (κ1) is 31.3. The van der Waals surface area contributed by atoms with Crippen LogP contribution in [0.15, 0.2) is 12.2 Å². The lowest BCUT2D eigenvalue weighted by molar-refractivity contribution is -0.149. The Morgan fingerprint density at radius 3 is 2.31 bits per heavy atom. The molecule has 0 aromatic carbocycles. The zero-order valence-electron chi connectivity index (χ0n) is 20.2. The Morgan fingerprint density at radius 2 is 1.72 bits per heavy atom. The Balaban J connectivity index is 3.28. The monoisotopic (exact) mass is 546 g/mol. The van der Waals surface area contributed by atoms with Gasteiger partial charge in [0.05, 0.1) is 6.42 Å². The van der Waals surface area contributed by atoms with Gasteiger partial charge in [0.25, 0.3) is 0 Å². The molecular formula is C22H34N4O8S2. The van der Waals surface area contributed by atoms with Crippen LogP contribution in [-0.4, -0.2) is 83.0 Å². The summed E-state index contributed by atoms with van der Waals surface area (Å²) in [5.41, 5.74) is 0. The number of carbonyl (C=O) groups excluding carboxylic acids is 5. The van der Waals surface area contributed by atoms with E-state index in [0.717, 1.165) is 0 Å². The molecule has 14 heteroatoms. The fourth-order valence-electron chi connectivity index (χ4n) is 3.18. The minimum atomic E-state index is -1.28. The van der Waals surface area contributed by atoms with Crippen LogP contribution >= 0.6 is 25.3 Å². The Labute approximate surface area is 220 Å². The molecule has 0 radical (unpaired) electrons. The number of allylic oxidation sites excluding steroid dienone is 1. The van der Waals surface area contributed by atoms with Gasteiger partial charge in [0.1, 0.15) is 30.8 Å². The van der Waals surface area contributed by atoms with E-state index in [9.17, 15) is 28.8 Å². The molecule has 0 saturated carbocycles. The summed E-state index contributed by atoms with van der Waals surface area (Å²) in [5.74, 6) is -4.79. The molecule has 36 heavy (non-hydrogen) atoms. The van der Waals surface area contributed by atoms with E-state index in [1.54, 1.807) is 19.9 Å². The van der Waals surface area contributed by atoms with Gasteiger partial charge in [-0.3, -0.25) is 28.8 Å². The van der Waals surface area contributed by atoms with Crippen LogP contribution in [0.5, 0.6) is 0 Å². The molecule has 0 unspecified atom stereocenters. The second-order valence-electron chi connectivity index (χ2n) is 8.42. The molecular weight excluding hydrogens is 512 g/mol. The van der Waals surface area contributed by atoms with E-state index in [-0.39, 0.29) is 24.5 Å². The van der Waals surface area contributed by atoms with Gasteiger partial charge in [-0.05, 0) is 30.6 Å². The number of aliphatic carboxylic acids is 1. The van der Waals surface area contributed by atoms with Crippen molar-refractivity contribution in [3.8, 4) is 0 Å². The number of rotatable bonds is 8. The van der Waals surface area contributed by atoms with Crippen molar-refractivity contribution in [2.45, 2.75) is 63.8 Å². The summed E-state index contributed by atoms with van der Waals surface area (Å²) in [6.45, 7) is 2.88. The number of carbonyl (C=O) groups is 6. The van der Waals surface area contributed by atoms with Gasteiger partial charge in [-0.25, -0.2) is 0 Å². The van der Waals surface area contributed by atoms with Gasteiger partial charge in [0.15, 0.2) is 0 Å². The smallest absolute Gasteiger partial charge is 0.326 e. The lowest BCUT2D eigenvalue weighted by Crippen LogP contribution is -2.58. The molecule has 1 rings (SSSR count). The lowest BCUT2D eigenvalue weighted by Gasteiger charge is -2.26. The van der Waals surface area contributed by atoms with E-state index >= 15 is 0 Å². The summed E-state index contributed by atoms with van der Waals surface area (Å²) in [6, 6.07) is -3.47. The summed E-state index contributed by atoms with van der Waals surface area (Å²) >= 11 is 8.19. The van der Waals surface area contributed by atoms with Crippen molar-refractivity contribution in [3.63, 3.8) is 0 Å². The highest BCUT2D eigenvalue weighted by Gasteiger charge is 2.31. The molecule has 0 spiro atoms.